The first-order chi connectivity index (χ1) is 7.83. The van der Waals surface area contributed by atoms with E-state index in [0.717, 1.165) is 31.7 Å². The van der Waals surface area contributed by atoms with Crippen LogP contribution in [0.3, 0.4) is 0 Å². The molecule has 0 aliphatic carbocycles. The van der Waals surface area contributed by atoms with Crippen LogP contribution < -0.4 is 5.32 Å². The third-order valence-electron chi connectivity index (χ3n) is 2.23. The highest BCUT2D eigenvalue weighted by Gasteiger charge is 1.99. The first-order valence-electron chi connectivity index (χ1n) is 5.54. The van der Waals surface area contributed by atoms with E-state index in [-0.39, 0.29) is 5.91 Å². The second-order valence-electron chi connectivity index (χ2n) is 3.60. The second kappa shape index (κ2) is 8.21. The van der Waals surface area contributed by atoms with E-state index in [4.69, 9.17) is 0 Å². The molecular weight excluding hydrogens is 222 g/mol. The van der Waals surface area contributed by atoms with Crippen molar-refractivity contribution in [2.24, 2.45) is 0 Å². The number of hydrogen-bond acceptors (Lipinski definition) is 3. The standard InChI is InChI=1S/C11H19N3OS/c1-16-9-2-4-11(15)13-5-3-7-14-8-6-12-10-14/h6,8,10H,2-5,7,9H2,1H3,(H,13,15). The maximum atomic E-state index is 11.3. The van der Waals surface area contributed by atoms with Crippen LogP contribution in [0, 0.1) is 0 Å². The molecule has 0 bridgehead atoms. The highest BCUT2D eigenvalue weighted by molar-refractivity contribution is 7.98. The molecule has 1 aromatic heterocycles. The third kappa shape index (κ3) is 5.80. The minimum atomic E-state index is 0.166. The Hall–Kier alpha value is -0.970. The van der Waals surface area contributed by atoms with Crippen molar-refractivity contribution in [2.45, 2.75) is 25.8 Å². The van der Waals surface area contributed by atoms with Crippen LogP contribution in [0.4, 0.5) is 0 Å². The number of rotatable bonds is 8. The molecule has 1 N–H and O–H groups in total. The van der Waals surface area contributed by atoms with Gasteiger partial charge in [0, 0.05) is 31.9 Å². The molecule has 4 nitrogen and oxygen atoms in total. The summed E-state index contributed by atoms with van der Waals surface area (Å²) in [5, 5.41) is 2.92. The smallest absolute Gasteiger partial charge is 0.220 e. The maximum Gasteiger partial charge on any atom is 0.220 e. The van der Waals surface area contributed by atoms with E-state index in [1.54, 1.807) is 24.3 Å². The Morgan fingerprint density at radius 2 is 2.38 bits per heavy atom. The van der Waals surface area contributed by atoms with Gasteiger partial charge in [-0.05, 0) is 24.9 Å². The summed E-state index contributed by atoms with van der Waals surface area (Å²) in [7, 11) is 0. The Kier molecular flexibility index (Phi) is 6.72. The zero-order valence-corrected chi connectivity index (χ0v) is 10.5. The minimum Gasteiger partial charge on any atom is -0.356 e. The van der Waals surface area contributed by atoms with Crippen molar-refractivity contribution in [1.29, 1.82) is 0 Å². The summed E-state index contributed by atoms with van der Waals surface area (Å²) >= 11 is 1.78. The van der Waals surface area contributed by atoms with E-state index in [0.29, 0.717) is 6.42 Å². The molecule has 0 saturated heterocycles. The molecule has 0 aliphatic rings. The average Bonchev–Trinajstić information content (AvgIpc) is 2.78. The molecule has 0 aromatic carbocycles. The first-order valence-corrected chi connectivity index (χ1v) is 6.93. The van der Waals surface area contributed by atoms with Crippen molar-refractivity contribution in [1.82, 2.24) is 14.9 Å². The van der Waals surface area contributed by atoms with Gasteiger partial charge >= 0.3 is 0 Å². The molecule has 0 spiro atoms. The van der Waals surface area contributed by atoms with Crippen molar-refractivity contribution in [2.75, 3.05) is 18.6 Å². The van der Waals surface area contributed by atoms with Crippen molar-refractivity contribution >= 4 is 17.7 Å². The Morgan fingerprint density at radius 3 is 3.06 bits per heavy atom. The topological polar surface area (TPSA) is 46.9 Å². The lowest BCUT2D eigenvalue weighted by atomic mass is 10.3. The molecule has 0 saturated carbocycles. The summed E-state index contributed by atoms with van der Waals surface area (Å²) in [5.41, 5.74) is 0. The van der Waals surface area contributed by atoms with Crippen LogP contribution in [-0.2, 0) is 11.3 Å². The van der Waals surface area contributed by atoms with Gasteiger partial charge in [-0.2, -0.15) is 11.8 Å². The number of aromatic nitrogens is 2. The van der Waals surface area contributed by atoms with Crippen LogP contribution in [-0.4, -0.2) is 34.0 Å². The van der Waals surface area contributed by atoms with E-state index >= 15 is 0 Å². The van der Waals surface area contributed by atoms with E-state index in [1.807, 2.05) is 10.8 Å². The summed E-state index contributed by atoms with van der Waals surface area (Å²) in [4.78, 5) is 15.3. The number of aryl methyl sites for hydroxylation is 1. The largest absolute Gasteiger partial charge is 0.356 e. The van der Waals surface area contributed by atoms with Crippen LogP contribution in [0.15, 0.2) is 18.7 Å². The quantitative estimate of drug-likeness (QED) is 0.702. The minimum absolute atomic E-state index is 0.166. The fraction of sp³-hybridized carbons (Fsp3) is 0.636. The maximum absolute atomic E-state index is 11.3. The van der Waals surface area contributed by atoms with Gasteiger partial charge in [0.1, 0.15) is 0 Å². The number of nitrogens with one attached hydrogen (secondary N) is 1. The first kappa shape index (κ1) is 13.1. The van der Waals surface area contributed by atoms with E-state index < -0.39 is 0 Å². The normalized spacial score (nSPS) is 10.3. The van der Waals surface area contributed by atoms with Gasteiger partial charge in [-0.1, -0.05) is 0 Å². The number of thioether (sulfide) groups is 1. The molecule has 0 aliphatic heterocycles. The summed E-state index contributed by atoms with van der Waals surface area (Å²) < 4.78 is 2.01. The number of hydrogen-bond donors (Lipinski definition) is 1. The molecule has 5 heteroatoms. The average molecular weight is 241 g/mol. The van der Waals surface area contributed by atoms with Gasteiger partial charge in [0.2, 0.25) is 5.91 Å². The Morgan fingerprint density at radius 1 is 1.50 bits per heavy atom. The molecule has 1 rings (SSSR count). The Balaban J connectivity index is 1.96. The monoisotopic (exact) mass is 241 g/mol. The lowest BCUT2D eigenvalue weighted by Crippen LogP contribution is -2.24. The van der Waals surface area contributed by atoms with E-state index in [2.05, 4.69) is 16.6 Å². The second-order valence-corrected chi connectivity index (χ2v) is 4.59. The highest BCUT2D eigenvalue weighted by Crippen LogP contribution is 1.98. The van der Waals surface area contributed by atoms with Gasteiger partial charge in [0.15, 0.2) is 0 Å². The van der Waals surface area contributed by atoms with E-state index in [1.165, 1.54) is 0 Å². The van der Waals surface area contributed by atoms with Crippen LogP contribution >= 0.6 is 11.8 Å². The fourth-order valence-electron chi connectivity index (χ4n) is 1.37. The van der Waals surface area contributed by atoms with Gasteiger partial charge in [-0.15, -0.1) is 0 Å². The van der Waals surface area contributed by atoms with Crippen molar-refractivity contribution < 1.29 is 4.79 Å². The summed E-state index contributed by atoms with van der Waals surface area (Å²) in [6.07, 6.45) is 10.1. The lowest BCUT2D eigenvalue weighted by molar-refractivity contribution is -0.121. The molecule has 0 radical (unpaired) electrons. The zero-order chi connectivity index (χ0) is 11.6. The van der Waals surface area contributed by atoms with Crippen LogP contribution in [0.25, 0.3) is 0 Å². The van der Waals surface area contributed by atoms with Crippen molar-refractivity contribution in [3.8, 4) is 0 Å². The summed E-state index contributed by atoms with van der Waals surface area (Å²) in [6, 6.07) is 0. The molecular formula is C11H19N3OS. The van der Waals surface area contributed by atoms with E-state index in [9.17, 15) is 4.79 Å². The molecule has 90 valence electrons. The van der Waals surface area contributed by atoms with Crippen molar-refractivity contribution in [3.05, 3.63) is 18.7 Å². The third-order valence-corrected chi connectivity index (χ3v) is 2.92. The van der Waals surface area contributed by atoms with Gasteiger partial charge in [-0.3, -0.25) is 4.79 Å². The van der Waals surface area contributed by atoms with Crippen LogP contribution in [0.1, 0.15) is 19.3 Å². The van der Waals surface area contributed by atoms with Gasteiger partial charge in [-0.25, -0.2) is 4.98 Å². The molecule has 0 atom stereocenters. The number of nitrogens with zero attached hydrogens (tertiary/aromatic N) is 2. The number of amides is 1. The lowest BCUT2D eigenvalue weighted by Gasteiger charge is -2.05. The van der Waals surface area contributed by atoms with Crippen LogP contribution in [0.2, 0.25) is 0 Å². The predicted octanol–water partition coefficient (Wildman–Crippen LogP) is 1.53. The molecule has 1 amide bonds. The fourth-order valence-corrected chi connectivity index (χ4v) is 1.81. The zero-order valence-electron chi connectivity index (χ0n) is 9.69. The van der Waals surface area contributed by atoms with Crippen molar-refractivity contribution in [3.63, 3.8) is 0 Å². The SMILES string of the molecule is CSCCCC(=O)NCCCn1ccnc1. The molecule has 16 heavy (non-hydrogen) atoms. The van der Waals surface area contributed by atoms with Gasteiger partial charge in [0.05, 0.1) is 6.33 Å². The molecule has 1 aromatic rings. The summed E-state index contributed by atoms with van der Waals surface area (Å²) in [6.45, 7) is 1.65. The summed E-state index contributed by atoms with van der Waals surface area (Å²) in [5.74, 6) is 1.22. The Labute approximate surface area is 101 Å². The van der Waals surface area contributed by atoms with Gasteiger partial charge in [0.25, 0.3) is 0 Å². The number of carbonyl (C=O) groups excluding carboxylic acids is 1. The highest BCUT2D eigenvalue weighted by atomic mass is 32.2. The van der Waals surface area contributed by atoms with Gasteiger partial charge < -0.3 is 9.88 Å². The number of imidazole rings is 1. The molecule has 0 fully saturated rings. The Bertz CT molecular complexity index is 287. The van der Waals surface area contributed by atoms with Crippen LogP contribution in [0.5, 0.6) is 0 Å². The molecule has 0 unspecified atom stereocenters. The number of carbonyl (C=O) groups is 1. The predicted molar refractivity (Wildman–Crippen MR) is 67.5 cm³/mol. The molecule has 1 heterocycles.